The van der Waals surface area contributed by atoms with E-state index in [2.05, 4.69) is 36.9 Å². The molecule has 2 rings (SSSR count). The standard InChI is InChI=1S/C16H26N2O/c1-13-6-7-16(11-14(13)2)19-10-4-9-18-8-3-5-15(18)12-17/h6-7,11,15H,3-5,8-10,12,17H2,1-2H3. The summed E-state index contributed by atoms with van der Waals surface area (Å²) in [5, 5.41) is 0. The van der Waals surface area contributed by atoms with Crippen LogP contribution >= 0.6 is 0 Å². The summed E-state index contributed by atoms with van der Waals surface area (Å²) < 4.78 is 5.81. The fourth-order valence-electron chi connectivity index (χ4n) is 2.72. The SMILES string of the molecule is Cc1ccc(OCCCN2CCCC2CN)cc1C. The van der Waals surface area contributed by atoms with Gasteiger partial charge in [-0.3, -0.25) is 4.90 Å². The number of aryl methyl sites for hydroxylation is 2. The topological polar surface area (TPSA) is 38.5 Å². The number of nitrogens with zero attached hydrogens (tertiary/aromatic N) is 1. The van der Waals surface area contributed by atoms with Gasteiger partial charge in [-0.05, 0) is 62.9 Å². The van der Waals surface area contributed by atoms with Crippen molar-refractivity contribution in [2.24, 2.45) is 5.73 Å². The molecule has 1 heterocycles. The fourth-order valence-corrected chi connectivity index (χ4v) is 2.72. The molecule has 1 unspecified atom stereocenters. The summed E-state index contributed by atoms with van der Waals surface area (Å²) in [6, 6.07) is 6.89. The maximum absolute atomic E-state index is 5.81. The molecule has 1 fully saturated rings. The molecule has 106 valence electrons. The van der Waals surface area contributed by atoms with Gasteiger partial charge in [0.1, 0.15) is 5.75 Å². The number of nitrogens with two attached hydrogens (primary N) is 1. The number of ether oxygens (including phenoxy) is 1. The maximum Gasteiger partial charge on any atom is 0.119 e. The van der Waals surface area contributed by atoms with Crippen LogP contribution in [0.15, 0.2) is 18.2 Å². The Hall–Kier alpha value is -1.06. The van der Waals surface area contributed by atoms with Crippen LogP contribution in [0.2, 0.25) is 0 Å². The number of hydrogen-bond donors (Lipinski definition) is 1. The molecule has 0 aromatic heterocycles. The van der Waals surface area contributed by atoms with Gasteiger partial charge < -0.3 is 10.5 Å². The van der Waals surface area contributed by atoms with E-state index in [9.17, 15) is 0 Å². The van der Waals surface area contributed by atoms with Crippen molar-refractivity contribution in [3.63, 3.8) is 0 Å². The third-order valence-electron chi connectivity index (χ3n) is 4.11. The summed E-state index contributed by atoms with van der Waals surface area (Å²) in [5.41, 5.74) is 8.38. The van der Waals surface area contributed by atoms with E-state index in [-0.39, 0.29) is 0 Å². The van der Waals surface area contributed by atoms with Gasteiger partial charge in [-0.1, -0.05) is 6.07 Å². The summed E-state index contributed by atoms with van der Waals surface area (Å²) in [6.45, 7) is 8.13. The molecule has 19 heavy (non-hydrogen) atoms. The van der Waals surface area contributed by atoms with Crippen molar-refractivity contribution in [3.8, 4) is 5.75 Å². The molecule has 1 aromatic carbocycles. The van der Waals surface area contributed by atoms with Crippen molar-refractivity contribution in [3.05, 3.63) is 29.3 Å². The van der Waals surface area contributed by atoms with Crippen LogP contribution in [0.3, 0.4) is 0 Å². The van der Waals surface area contributed by atoms with Crippen LogP contribution in [0, 0.1) is 13.8 Å². The lowest BCUT2D eigenvalue weighted by atomic mass is 10.1. The Labute approximate surface area is 116 Å². The normalized spacial score (nSPS) is 19.8. The van der Waals surface area contributed by atoms with E-state index >= 15 is 0 Å². The molecule has 2 N–H and O–H groups in total. The summed E-state index contributed by atoms with van der Waals surface area (Å²) >= 11 is 0. The Morgan fingerprint density at radius 3 is 2.89 bits per heavy atom. The first-order valence-electron chi connectivity index (χ1n) is 7.35. The van der Waals surface area contributed by atoms with Gasteiger partial charge in [0.25, 0.3) is 0 Å². The number of likely N-dealkylation sites (tertiary alicyclic amines) is 1. The molecule has 0 saturated carbocycles. The van der Waals surface area contributed by atoms with E-state index in [4.69, 9.17) is 10.5 Å². The van der Waals surface area contributed by atoms with Gasteiger partial charge in [-0.25, -0.2) is 0 Å². The van der Waals surface area contributed by atoms with Crippen molar-refractivity contribution in [1.29, 1.82) is 0 Å². The molecular weight excluding hydrogens is 236 g/mol. The molecular formula is C16H26N2O. The minimum absolute atomic E-state index is 0.599. The highest BCUT2D eigenvalue weighted by Gasteiger charge is 2.22. The summed E-state index contributed by atoms with van der Waals surface area (Å²) in [5.74, 6) is 0.986. The third-order valence-corrected chi connectivity index (χ3v) is 4.11. The average molecular weight is 262 g/mol. The molecule has 0 spiro atoms. The van der Waals surface area contributed by atoms with Gasteiger partial charge in [-0.15, -0.1) is 0 Å². The Kier molecular flexibility index (Phi) is 5.23. The largest absolute Gasteiger partial charge is 0.494 e. The third kappa shape index (κ3) is 3.95. The minimum Gasteiger partial charge on any atom is -0.494 e. The van der Waals surface area contributed by atoms with Crippen molar-refractivity contribution in [1.82, 2.24) is 4.90 Å². The quantitative estimate of drug-likeness (QED) is 0.801. The molecule has 0 radical (unpaired) electrons. The second-order valence-corrected chi connectivity index (χ2v) is 5.52. The van der Waals surface area contributed by atoms with E-state index in [1.54, 1.807) is 0 Å². The molecule has 0 bridgehead atoms. The van der Waals surface area contributed by atoms with Crippen LogP contribution < -0.4 is 10.5 Å². The summed E-state index contributed by atoms with van der Waals surface area (Å²) in [4.78, 5) is 2.50. The van der Waals surface area contributed by atoms with Gasteiger partial charge in [-0.2, -0.15) is 0 Å². The van der Waals surface area contributed by atoms with Gasteiger partial charge in [0.2, 0.25) is 0 Å². The molecule has 1 aliphatic rings. The van der Waals surface area contributed by atoms with E-state index in [0.29, 0.717) is 6.04 Å². The number of rotatable bonds is 6. The van der Waals surface area contributed by atoms with Crippen LogP contribution in [0.1, 0.15) is 30.4 Å². The van der Waals surface area contributed by atoms with E-state index < -0.39 is 0 Å². The second kappa shape index (κ2) is 6.92. The van der Waals surface area contributed by atoms with Crippen LogP contribution in [-0.4, -0.2) is 37.2 Å². The first-order valence-corrected chi connectivity index (χ1v) is 7.35. The first-order chi connectivity index (χ1) is 9.20. The highest BCUT2D eigenvalue weighted by Crippen LogP contribution is 2.18. The highest BCUT2D eigenvalue weighted by atomic mass is 16.5. The van der Waals surface area contributed by atoms with E-state index in [0.717, 1.165) is 31.9 Å². The smallest absolute Gasteiger partial charge is 0.119 e. The zero-order chi connectivity index (χ0) is 13.7. The second-order valence-electron chi connectivity index (χ2n) is 5.52. The Morgan fingerprint density at radius 1 is 1.32 bits per heavy atom. The Bertz CT molecular complexity index is 406. The van der Waals surface area contributed by atoms with Crippen molar-refractivity contribution >= 4 is 0 Å². The van der Waals surface area contributed by atoms with Crippen molar-refractivity contribution in [2.45, 2.75) is 39.2 Å². The molecule has 3 nitrogen and oxygen atoms in total. The molecule has 0 aliphatic carbocycles. The molecule has 1 saturated heterocycles. The predicted octanol–water partition coefficient (Wildman–Crippen LogP) is 2.50. The molecule has 0 amide bonds. The van der Waals surface area contributed by atoms with Crippen molar-refractivity contribution < 1.29 is 4.74 Å². The lowest BCUT2D eigenvalue weighted by Crippen LogP contribution is -2.36. The minimum atomic E-state index is 0.599. The van der Waals surface area contributed by atoms with Gasteiger partial charge in [0.05, 0.1) is 6.61 Å². The summed E-state index contributed by atoms with van der Waals surface area (Å²) in [6.07, 6.45) is 3.62. The first kappa shape index (κ1) is 14.4. The van der Waals surface area contributed by atoms with E-state index in [1.807, 2.05) is 0 Å². The van der Waals surface area contributed by atoms with Crippen LogP contribution in [0.4, 0.5) is 0 Å². The van der Waals surface area contributed by atoms with Crippen LogP contribution in [0.25, 0.3) is 0 Å². The summed E-state index contributed by atoms with van der Waals surface area (Å²) in [7, 11) is 0. The zero-order valence-corrected chi connectivity index (χ0v) is 12.2. The lowest BCUT2D eigenvalue weighted by Gasteiger charge is -2.22. The van der Waals surface area contributed by atoms with Crippen LogP contribution in [0.5, 0.6) is 5.75 Å². The fraction of sp³-hybridized carbons (Fsp3) is 0.625. The highest BCUT2D eigenvalue weighted by molar-refractivity contribution is 5.33. The number of hydrogen-bond acceptors (Lipinski definition) is 3. The molecule has 1 atom stereocenters. The van der Waals surface area contributed by atoms with Gasteiger partial charge >= 0.3 is 0 Å². The predicted molar refractivity (Wildman–Crippen MR) is 79.7 cm³/mol. The van der Waals surface area contributed by atoms with Crippen LogP contribution in [-0.2, 0) is 0 Å². The lowest BCUT2D eigenvalue weighted by molar-refractivity contribution is 0.224. The Morgan fingerprint density at radius 2 is 2.16 bits per heavy atom. The van der Waals surface area contributed by atoms with E-state index in [1.165, 1.54) is 30.5 Å². The maximum atomic E-state index is 5.81. The molecule has 1 aromatic rings. The van der Waals surface area contributed by atoms with Gasteiger partial charge in [0, 0.05) is 19.1 Å². The Balaban J connectivity index is 1.70. The van der Waals surface area contributed by atoms with Gasteiger partial charge in [0.15, 0.2) is 0 Å². The monoisotopic (exact) mass is 262 g/mol. The number of benzene rings is 1. The zero-order valence-electron chi connectivity index (χ0n) is 12.2. The molecule has 3 heteroatoms. The average Bonchev–Trinajstić information content (AvgIpc) is 2.86. The molecule has 1 aliphatic heterocycles. The van der Waals surface area contributed by atoms with Crippen molar-refractivity contribution in [2.75, 3.05) is 26.2 Å².